The van der Waals surface area contributed by atoms with Crippen LogP contribution in [0.25, 0.3) is 0 Å². The Balaban J connectivity index is 1.66. The quantitative estimate of drug-likeness (QED) is 0.788. The van der Waals surface area contributed by atoms with E-state index in [2.05, 4.69) is 14.9 Å². The molecule has 3 heterocycles. The van der Waals surface area contributed by atoms with E-state index in [0.29, 0.717) is 12.0 Å². The average Bonchev–Trinajstić information content (AvgIpc) is 2.80. The second-order valence-electron chi connectivity index (χ2n) is 6.63. The molecule has 0 spiro atoms. The minimum Gasteiger partial charge on any atom is -0.444 e. The Morgan fingerprint density at radius 2 is 2.25 bits per heavy atom. The van der Waals surface area contributed by atoms with Gasteiger partial charge in [-0.15, -0.1) is 0 Å². The molecule has 1 saturated heterocycles. The summed E-state index contributed by atoms with van der Waals surface area (Å²) in [5, 5.41) is 3.46. The lowest BCUT2D eigenvalue weighted by atomic mass is 9.91. The van der Waals surface area contributed by atoms with Crippen LogP contribution in [0.2, 0.25) is 0 Å². The number of carbonyl (C=O) groups is 1. The Morgan fingerprint density at radius 1 is 1.45 bits per heavy atom. The number of piperidine rings is 1. The van der Waals surface area contributed by atoms with Crippen molar-refractivity contribution >= 4 is 12.0 Å². The maximum atomic E-state index is 12.1. The van der Waals surface area contributed by atoms with E-state index in [1.807, 2.05) is 38.1 Å². The summed E-state index contributed by atoms with van der Waals surface area (Å²) in [6, 6.07) is 0.406. The standard InChI is InChI=1S/C14H22N4O2/c1-14(2,3)20-13(19)18-6-4-11-10(9-18)8-17-7-5-15-12(17)16-11/h5,7,10-11H,4,6,8-9H2,1-3H3,(H,15,16). The van der Waals surface area contributed by atoms with Crippen molar-refractivity contribution in [3.63, 3.8) is 0 Å². The van der Waals surface area contributed by atoms with Crippen LogP contribution in [0.1, 0.15) is 27.2 Å². The van der Waals surface area contributed by atoms with Crippen LogP contribution in [0.4, 0.5) is 10.7 Å². The van der Waals surface area contributed by atoms with Gasteiger partial charge in [0.2, 0.25) is 5.95 Å². The van der Waals surface area contributed by atoms with E-state index in [9.17, 15) is 4.79 Å². The molecule has 2 aliphatic rings. The minimum absolute atomic E-state index is 0.202. The smallest absolute Gasteiger partial charge is 0.410 e. The summed E-state index contributed by atoms with van der Waals surface area (Å²) in [5.74, 6) is 1.36. The van der Waals surface area contributed by atoms with Crippen LogP contribution >= 0.6 is 0 Å². The second kappa shape index (κ2) is 4.68. The van der Waals surface area contributed by atoms with Gasteiger partial charge in [-0.25, -0.2) is 9.78 Å². The van der Waals surface area contributed by atoms with Gasteiger partial charge in [0.25, 0.3) is 0 Å². The molecule has 3 rings (SSSR count). The van der Waals surface area contributed by atoms with Gasteiger partial charge in [0.1, 0.15) is 5.60 Å². The molecule has 0 aromatic carbocycles. The van der Waals surface area contributed by atoms with Gasteiger partial charge in [-0.05, 0) is 27.2 Å². The number of amides is 1. The van der Waals surface area contributed by atoms with Crippen molar-refractivity contribution < 1.29 is 9.53 Å². The number of rotatable bonds is 0. The zero-order valence-electron chi connectivity index (χ0n) is 12.3. The van der Waals surface area contributed by atoms with Crippen molar-refractivity contribution in [2.45, 2.75) is 45.4 Å². The molecule has 1 aromatic heterocycles. The fourth-order valence-corrected chi connectivity index (χ4v) is 2.91. The number of hydrogen-bond donors (Lipinski definition) is 1. The van der Waals surface area contributed by atoms with E-state index in [1.54, 1.807) is 0 Å². The van der Waals surface area contributed by atoms with Crippen molar-refractivity contribution in [1.29, 1.82) is 0 Å². The van der Waals surface area contributed by atoms with Crippen LogP contribution in [-0.2, 0) is 11.3 Å². The highest BCUT2D eigenvalue weighted by Gasteiger charge is 2.36. The van der Waals surface area contributed by atoms with E-state index >= 15 is 0 Å². The predicted molar refractivity (Wildman–Crippen MR) is 75.6 cm³/mol. The SMILES string of the molecule is CC(C)(C)OC(=O)N1CCC2Nc3nccn3CC2C1. The lowest BCUT2D eigenvalue weighted by Gasteiger charge is -2.42. The van der Waals surface area contributed by atoms with Crippen molar-refractivity contribution in [2.24, 2.45) is 5.92 Å². The molecule has 2 atom stereocenters. The molecule has 1 N–H and O–H groups in total. The third-order valence-corrected chi connectivity index (χ3v) is 3.85. The molecule has 0 saturated carbocycles. The van der Waals surface area contributed by atoms with Gasteiger partial charge in [-0.2, -0.15) is 0 Å². The minimum atomic E-state index is -0.434. The summed E-state index contributed by atoms with van der Waals surface area (Å²) in [4.78, 5) is 18.3. The Kier molecular flexibility index (Phi) is 3.11. The number of nitrogens with one attached hydrogen (secondary N) is 1. The lowest BCUT2D eigenvalue weighted by molar-refractivity contribution is 0.0139. The van der Waals surface area contributed by atoms with E-state index in [0.717, 1.165) is 32.0 Å². The van der Waals surface area contributed by atoms with Gasteiger partial charge in [0.15, 0.2) is 0 Å². The van der Waals surface area contributed by atoms with Crippen LogP contribution in [0.15, 0.2) is 12.4 Å². The van der Waals surface area contributed by atoms with Gasteiger partial charge < -0.3 is 19.5 Å². The number of carbonyl (C=O) groups excluding carboxylic acids is 1. The maximum absolute atomic E-state index is 12.1. The Bertz CT molecular complexity index is 506. The Morgan fingerprint density at radius 3 is 3.00 bits per heavy atom. The normalized spacial score (nSPS) is 25.4. The Hall–Kier alpha value is -1.72. The molecule has 0 aliphatic carbocycles. The third-order valence-electron chi connectivity index (χ3n) is 3.85. The second-order valence-corrected chi connectivity index (χ2v) is 6.63. The van der Waals surface area contributed by atoms with Crippen LogP contribution in [-0.4, -0.2) is 45.3 Å². The number of imidazole rings is 1. The van der Waals surface area contributed by atoms with Crippen LogP contribution in [0.5, 0.6) is 0 Å². The van der Waals surface area contributed by atoms with Crippen LogP contribution in [0.3, 0.4) is 0 Å². The molecular weight excluding hydrogens is 256 g/mol. The molecule has 1 amide bonds. The number of anilines is 1. The zero-order chi connectivity index (χ0) is 14.3. The first-order chi connectivity index (χ1) is 9.42. The van der Waals surface area contributed by atoms with Gasteiger partial charge in [0.05, 0.1) is 0 Å². The predicted octanol–water partition coefficient (Wildman–Crippen LogP) is 1.93. The van der Waals surface area contributed by atoms with Crippen LogP contribution in [0, 0.1) is 5.92 Å². The van der Waals surface area contributed by atoms with Gasteiger partial charge in [0, 0.05) is 44.0 Å². The van der Waals surface area contributed by atoms with Crippen molar-refractivity contribution in [3.8, 4) is 0 Å². The first-order valence-electron chi connectivity index (χ1n) is 7.18. The number of hydrogen-bond acceptors (Lipinski definition) is 4. The summed E-state index contributed by atoms with van der Waals surface area (Å²) < 4.78 is 7.57. The van der Waals surface area contributed by atoms with Crippen molar-refractivity contribution in [1.82, 2.24) is 14.5 Å². The molecule has 2 aliphatic heterocycles. The lowest BCUT2D eigenvalue weighted by Crippen LogP contribution is -2.52. The van der Waals surface area contributed by atoms with E-state index in [1.165, 1.54) is 0 Å². The van der Waals surface area contributed by atoms with E-state index in [4.69, 9.17) is 4.74 Å². The third kappa shape index (κ3) is 2.59. The number of fused-ring (bicyclic) bond motifs is 2. The summed E-state index contributed by atoms with van der Waals surface area (Å²) in [6.45, 7) is 8.09. The zero-order valence-corrected chi connectivity index (χ0v) is 12.3. The number of likely N-dealkylation sites (tertiary alicyclic amines) is 1. The van der Waals surface area contributed by atoms with Crippen LogP contribution < -0.4 is 5.32 Å². The first kappa shape index (κ1) is 13.3. The number of ether oxygens (including phenoxy) is 1. The molecule has 0 radical (unpaired) electrons. The van der Waals surface area contributed by atoms with Gasteiger partial charge in [-0.1, -0.05) is 0 Å². The fourth-order valence-electron chi connectivity index (χ4n) is 2.91. The van der Waals surface area contributed by atoms with Gasteiger partial charge >= 0.3 is 6.09 Å². The summed E-state index contributed by atoms with van der Waals surface area (Å²) in [7, 11) is 0. The highest BCUT2D eigenvalue weighted by molar-refractivity contribution is 5.68. The molecule has 0 bridgehead atoms. The van der Waals surface area contributed by atoms with Gasteiger partial charge in [-0.3, -0.25) is 0 Å². The molecule has 20 heavy (non-hydrogen) atoms. The monoisotopic (exact) mass is 278 g/mol. The van der Waals surface area contributed by atoms with Crippen molar-refractivity contribution in [2.75, 3.05) is 18.4 Å². The van der Waals surface area contributed by atoms with E-state index < -0.39 is 5.60 Å². The topological polar surface area (TPSA) is 59.4 Å². The Labute approximate surface area is 119 Å². The number of aromatic nitrogens is 2. The maximum Gasteiger partial charge on any atom is 0.410 e. The molecular formula is C14H22N4O2. The highest BCUT2D eigenvalue weighted by atomic mass is 16.6. The summed E-state index contributed by atoms with van der Waals surface area (Å²) in [6.07, 6.45) is 4.53. The summed E-state index contributed by atoms with van der Waals surface area (Å²) >= 11 is 0. The number of nitrogens with zero attached hydrogens (tertiary/aromatic N) is 3. The average molecular weight is 278 g/mol. The van der Waals surface area contributed by atoms with E-state index in [-0.39, 0.29) is 6.09 Å². The molecule has 1 fully saturated rings. The molecule has 110 valence electrons. The molecule has 1 aromatic rings. The fraction of sp³-hybridized carbons (Fsp3) is 0.714. The summed E-state index contributed by atoms with van der Waals surface area (Å²) in [5.41, 5.74) is -0.434. The largest absolute Gasteiger partial charge is 0.444 e. The molecule has 2 unspecified atom stereocenters. The molecule has 6 heteroatoms. The highest BCUT2D eigenvalue weighted by Crippen LogP contribution is 2.28. The first-order valence-corrected chi connectivity index (χ1v) is 7.18. The molecule has 6 nitrogen and oxygen atoms in total. The van der Waals surface area contributed by atoms with Crippen molar-refractivity contribution in [3.05, 3.63) is 12.4 Å².